The van der Waals surface area contributed by atoms with Gasteiger partial charge in [0.1, 0.15) is 0 Å². The molecule has 0 saturated heterocycles. The van der Waals surface area contributed by atoms with Crippen molar-refractivity contribution in [1.82, 2.24) is 4.72 Å². The summed E-state index contributed by atoms with van der Waals surface area (Å²) in [5.74, 6) is -0.613. The Morgan fingerprint density at radius 1 is 1.32 bits per heavy atom. The molecule has 7 heteroatoms. The van der Waals surface area contributed by atoms with Crippen molar-refractivity contribution in [2.24, 2.45) is 5.73 Å². The Kier molecular flexibility index (Phi) is 4.67. The van der Waals surface area contributed by atoms with Gasteiger partial charge >= 0.3 is 0 Å². The van der Waals surface area contributed by atoms with Gasteiger partial charge in [0, 0.05) is 17.7 Å². The highest BCUT2D eigenvalue weighted by atomic mass is 32.2. The summed E-state index contributed by atoms with van der Waals surface area (Å²) in [7, 11) is -3.70. The Balaban J connectivity index is 2.98. The molecule has 0 heterocycles. The Morgan fingerprint density at radius 3 is 2.26 bits per heavy atom. The topological polar surface area (TPSA) is 109 Å². The number of nitrogens with two attached hydrogens (primary N) is 1. The summed E-state index contributed by atoms with van der Waals surface area (Å²) >= 11 is 0. The first-order chi connectivity index (χ1) is 8.68. The largest absolute Gasteiger partial charge is 0.396 e. The second kappa shape index (κ2) is 5.68. The molecule has 0 atom stereocenters. The molecule has 0 saturated carbocycles. The van der Waals surface area contributed by atoms with Crippen molar-refractivity contribution in [3.63, 3.8) is 0 Å². The van der Waals surface area contributed by atoms with Gasteiger partial charge in [-0.1, -0.05) is 0 Å². The number of nitrogens with one attached hydrogen (secondary N) is 1. The molecule has 0 fully saturated rings. The van der Waals surface area contributed by atoms with Crippen LogP contribution in [0.5, 0.6) is 0 Å². The van der Waals surface area contributed by atoms with Gasteiger partial charge in [-0.25, -0.2) is 13.1 Å². The molecule has 6 nitrogen and oxygen atoms in total. The van der Waals surface area contributed by atoms with E-state index in [1.807, 2.05) is 0 Å². The molecule has 0 aliphatic carbocycles. The van der Waals surface area contributed by atoms with Gasteiger partial charge in [0.15, 0.2) is 0 Å². The number of amides is 1. The smallest absolute Gasteiger partial charge is 0.248 e. The summed E-state index contributed by atoms with van der Waals surface area (Å²) < 4.78 is 26.7. The Labute approximate surface area is 112 Å². The molecule has 1 amide bonds. The van der Waals surface area contributed by atoms with E-state index in [1.54, 1.807) is 13.8 Å². The molecule has 1 aromatic rings. The lowest BCUT2D eigenvalue weighted by Crippen LogP contribution is -2.43. The standard InChI is InChI=1S/C12H18N2O4S/c1-12(2,7-8-15)14-19(17,18)10-5-3-9(4-6-10)11(13)16/h3-6,14-15H,7-8H2,1-2H3,(H2,13,16). The predicted octanol–water partition coefficient (Wildman–Crippen LogP) is 0.225. The average molecular weight is 286 g/mol. The van der Waals surface area contributed by atoms with Crippen molar-refractivity contribution in [2.45, 2.75) is 30.7 Å². The van der Waals surface area contributed by atoms with Crippen LogP contribution >= 0.6 is 0 Å². The van der Waals surface area contributed by atoms with E-state index in [0.29, 0.717) is 6.42 Å². The number of sulfonamides is 1. The van der Waals surface area contributed by atoms with Gasteiger partial charge in [0.25, 0.3) is 0 Å². The molecule has 0 bridgehead atoms. The van der Waals surface area contributed by atoms with Crippen LogP contribution in [0.1, 0.15) is 30.6 Å². The zero-order valence-corrected chi connectivity index (χ0v) is 11.7. The van der Waals surface area contributed by atoms with Crippen LogP contribution in [-0.2, 0) is 10.0 Å². The third-order valence-electron chi connectivity index (χ3n) is 2.60. The molecule has 1 aromatic carbocycles. The van der Waals surface area contributed by atoms with Crippen LogP contribution in [0.15, 0.2) is 29.2 Å². The van der Waals surface area contributed by atoms with E-state index in [-0.39, 0.29) is 17.1 Å². The van der Waals surface area contributed by atoms with Crippen molar-refractivity contribution in [3.05, 3.63) is 29.8 Å². The molecule has 106 valence electrons. The Hall–Kier alpha value is -1.44. The molecule has 4 N–H and O–H groups in total. The first-order valence-corrected chi connectivity index (χ1v) is 7.21. The van der Waals surface area contributed by atoms with Gasteiger partial charge in [-0.05, 0) is 44.5 Å². The third-order valence-corrected chi connectivity index (χ3v) is 4.31. The minimum Gasteiger partial charge on any atom is -0.396 e. The number of primary amides is 1. The van der Waals surface area contributed by atoms with Crippen molar-refractivity contribution in [2.75, 3.05) is 6.61 Å². The molecule has 0 radical (unpaired) electrons. The number of aliphatic hydroxyl groups is 1. The molecule has 0 aromatic heterocycles. The lowest BCUT2D eigenvalue weighted by atomic mass is 10.0. The van der Waals surface area contributed by atoms with Crippen molar-refractivity contribution in [3.8, 4) is 0 Å². The van der Waals surface area contributed by atoms with Gasteiger partial charge in [-0.2, -0.15) is 0 Å². The summed E-state index contributed by atoms with van der Waals surface area (Å²) in [5.41, 5.74) is 4.57. The number of aliphatic hydroxyl groups excluding tert-OH is 1. The highest BCUT2D eigenvalue weighted by Crippen LogP contribution is 2.16. The SMILES string of the molecule is CC(C)(CCO)NS(=O)(=O)c1ccc(C(N)=O)cc1. The zero-order valence-electron chi connectivity index (χ0n) is 10.9. The molecule has 0 aliphatic rings. The highest BCUT2D eigenvalue weighted by molar-refractivity contribution is 7.89. The van der Waals surface area contributed by atoms with Crippen LogP contribution in [0.4, 0.5) is 0 Å². The fourth-order valence-electron chi connectivity index (χ4n) is 1.55. The summed E-state index contributed by atoms with van der Waals surface area (Å²) in [6.07, 6.45) is 0.297. The maximum Gasteiger partial charge on any atom is 0.248 e. The third kappa shape index (κ3) is 4.30. The minimum absolute atomic E-state index is 0.0449. The molecule has 0 aliphatic heterocycles. The quantitative estimate of drug-likeness (QED) is 0.695. The lowest BCUT2D eigenvalue weighted by molar-refractivity contribution is 0.1000. The summed E-state index contributed by atoms with van der Waals surface area (Å²) in [6, 6.07) is 5.35. The van der Waals surface area contributed by atoms with E-state index in [0.717, 1.165) is 0 Å². The van der Waals surface area contributed by atoms with E-state index in [9.17, 15) is 13.2 Å². The van der Waals surface area contributed by atoms with Gasteiger partial charge in [-0.15, -0.1) is 0 Å². The number of hydrogen-bond acceptors (Lipinski definition) is 4. The molecule has 0 spiro atoms. The normalized spacial score (nSPS) is 12.4. The first kappa shape index (κ1) is 15.6. The Morgan fingerprint density at radius 2 is 1.84 bits per heavy atom. The van der Waals surface area contributed by atoms with Gasteiger partial charge in [-0.3, -0.25) is 4.79 Å². The monoisotopic (exact) mass is 286 g/mol. The number of benzene rings is 1. The molecular formula is C12H18N2O4S. The van der Waals surface area contributed by atoms with Gasteiger partial charge in [0.05, 0.1) is 4.90 Å². The first-order valence-electron chi connectivity index (χ1n) is 5.73. The van der Waals surface area contributed by atoms with Crippen molar-refractivity contribution >= 4 is 15.9 Å². The number of rotatable bonds is 6. The average Bonchev–Trinajstić information content (AvgIpc) is 2.27. The fourth-order valence-corrected chi connectivity index (χ4v) is 2.99. The highest BCUT2D eigenvalue weighted by Gasteiger charge is 2.25. The molecule has 0 unspecified atom stereocenters. The van der Waals surface area contributed by atoms with Gasteiger partial charge < -0.3 is 10.8 Å². The molecule has 1 rings (SSSR count). The number of carbonyl (C=O) groups is 1. The Bertz CT molecular complexity index is 550. The zero-order chi connectivity index (χ0) is 14.7. The summed E-state index contributed by atoms with van der Waals surface area (Å²) in [6.45, 7) is 3.24. The summed E-state index contributed by atoms with van der Waals surface area (Å²) in [4.78, 5) is 11.0. The van der Waals surface area contributed by atoms with Crippen LogP contribution in [0, 0.1) is 0 Å². The maximum absolute atomic E-state index is 12.1. The second-order valence-electron chi connectivity index (χ2n) is 4.85. The van der Waals surface area contributed by atoms with Crippen LogP contribution in [0.3, 0.4) is 0 Å². The minimum atomic E-state index is -3.70. The van der Waals surface area contributed by atoms with Crippen LogP contribution < -0.4 is 10.5 Å². The fraction of sp³-hybridized carbons (Fsp3) is 0.417. The van der Waals surface area contributed by atoms with Crippen LogP contribution in [0.25, 0.3) is 0 Å². The number of carbonyl (C=O) groups excluding carboxylic acids is 1. The van der Waals surface area contributed by atoms with E-state index in [1.165, 1.54) is 24.3 Å². The van der Waals surface area contributed by atoms with Crippen LogP contribution in [-0.4, -0.2) is 31.6 Å². The van der Waals surface area contributed by atoms with E-state index in [2.05, 4.69) is 4.72 Å². The maximum atomic E-state index is 12.1. The lowest BCUT2D eigenvalue weighted by Gasteiger charge is -2.25. The van der Waals surface area contributed by atoms with Crippen molar-refractivity contribution in [1.29, 1.82) is 0 Å². The summed E-state index contributed by atoms with van der Waals surface area (Å²) in [5, 5.41) is 8.88. The van der Waals surface area contributed by atoms with E-state index >= 15 is 0 Å². The molecular weight excluding hydrogens is 268 g/mol. The number of hydrogen-bond donors (Lipinski definition) is 3. The molecule has 19 heavy (non-hydrogen) atoms. The van der Waals surface area contributed by atoms with Crippen LogP contribution in [0.2, 0.25) is 0 Å². The van der Waals surface area contributed by atoms with Gasteiger partial charge in [0.2, 0.25) is 15.9 Å². The predicted molar refractivity (Wildman–Crippen MR) is 71.1 cm³/mol. The second-order valence-corrected chi connectivity index (χ2v) is 6.53. The van der Waals surface area contributed by atoms with Crippen molar-refractivity contribution < 1.29 is 18.3 Å². The van der Waals surface area contributed by atoms with E-state index in [4.69, 9.17) is 10.8 Å². The van der Waals surface area contributed by atoms with E-state index < -0.39 is 21.5 Å².